The first-order valence-corrected chi connectivity index (χ1v) is 12.4. The molecule has 0 saturated heterocycles. The zero-order valence-electron chi connectivity index (χ0n) is 18.6. The number of thiophene rings is 1. The molecule has 0 spiro atoms. The molecule has 1 aliphatic carbocycles. The predicted octanol–water partition coefficient (Wildman–Crippen LogP) is 4.40. The van der Waals surface area contributed by atoms with Crippen LogP contribution in [-0.2, 0) is 17.8 Å². The maximum atomic E-state index is 13.5. The molecule has 0 radical (unpaired) electrons. The Morgan fingerprint density at radius 2 is 2.06 bits per heavy atom. The number of amides is 1. The van der Waals surface area contributed by atoms with Crippen molar-refractivity contribution in [2.75, 3.05) is 20.2 Å². The quantitative estimate of drug-likeness (QED) is 0.691. The molecule has 31 heavy (non-hydrogen) atoms. The third-order valence-electron chi connectivity index (χ3n) is 6.84. The number of fused-ring (bicyclic) bond motifs is 1. The van der Waals surface area contributed by atoms with E-state index < -0.39 is 0 Å². The fraction of sp³-hybridized carbons (Fsp3) is 0.560. The van der Waals surface area contributed by atoms with E-state index in [0.29, 0.717) is 12.6 Å². The monoisotopic (exact) mass is 442 g/mol. The van der Waals surface area contributed by atoms with Gasteiger partial charge in [0, 0.05) is 24.0 Å². The molecule has 4 rings (SSSR count). The van der Waals surface area contributed by atoms with Crippen LogP contribution in [0.4, 0.5) is 0 Å². The zero-order valence-corrected chi connectivity index (χ0v) is 19.4. The van der Waals surface area contributed by atoms with Gasteiger partial charge in [0.05, 0.1) is 25.8 Å². The molecule has 2 aliphatic rings. The molecule has 1 amide bonds. The lowest BCUT2D eigenvalue weighted by atomic mass is 9.91. The number of rotatable bonds is 7. The van der Waals surface area contributed by atoms with Gasteiger partial charge in [-0.3, -0.25) is 9.69 Å². The Kier molecular flexibility index (Phi) is 7.31. The lowest BCUT2D eigenvalue weighted by Gasteiger charge is -2.39. The highest BCUT2D eigenvalue weighted by atomic mass is 32.1. The number of aliphatic hydroxyl groups is 1. The van der Waals surface area contributed by atoms with Gasteiger partial charge in [0.1, 0.15) is 5.75 Å². The van der Waals surface area contributed by atoms with Crippen LogP contribution >= 0.6 is 11.3 Å². The van der Waals surface area contributed by atoms with Crippen molar-refractivity contribution in [2.45, 2.75) is 70.2 Å². The molecule has 5 nitrogen and oxygen atoms in total. The van der Waals surface area contributed by atoms with Crippen molar-refractivity contribution in [2.24, 2.45) is 0 Å². The number of carbonyl (C=O) groups is 1. The molecular weight excluding hydrogens is 408 g/mol. The molecule has 1 aliphatic heterocycles. The van der Waals surface area contributed by atoms with Crippen molar-refractivity contribution in [3.8, 4) is 5.75 Å². The number of ether oxygens (including phenoxy) is 1. The second kappa shape index (κ2) is 10.2. The molecule has 1 aromatic heterocycles. The summed E-state index contributed by atoms with van der Waals surface area (Å²) in [6.07, 6.45) is 5.20. The molecule has 6 heteroatoms. The number of benzene rings is 1. The summed E-state index contributed by atoms with van der Waals surface area (Å²) in [7, 11) is 1.68. The van der Waals surface area contributed by atoms with Crippen molar-refractivity contribution < 1.29 is 14.6 Å². The minimum absolute atomic E-state index is 0.189. The molecule has 1 saturated carbocycles. The van der Waals surface area contributed by atoms with Gasteiger partial charge in [-0.25, -0.2) is 0 Å². The van der Waals surface area contributed by atoms with Crippen LogP contribution in [0, 0.1) is 0 Å². The highest BCUT2D eigenvalue weighted by Gasteiger charge is 2.33. The van der Waals surface area contributed by atoms with Crippen LogP contribution in [0.25, 0.3) is 0 Å². The Labute approximate surface area is 189 Å². The van der Waals surface area contributed by atoms with E-state index in [0.717, 1.165) is 62.9 Å². The zero-order chi connectivity index (χ0) is 21.8. The van der Waals surface area contributed by atoms with Gasteiger partial charge >= 0.3 is 0 Å². The summed E-state index contributed by atoms with van der Waals surface area (Å²) in [5.41, 5.74) is 2.50. The Bertz CT molecular complexity index is 875. The summed E-state index contributed by atoms with van der Waals surface area (Å²) in [4.78, 5) is 19.4. The molecule has 2 heterocycles. The largest absolute Gasteiger partial charge is 0.497 e. The van der Waals surface area contributed by atoms with Gasteiger partial charge in [0.15, 0.2) is 0 Å². The SMILES string of the molecule is CCC1c2ccsc2CCN1C(=O)CN(Cc1cccc(OC)c1)C1CCC(O)CC1. The van der Waals surface area contributed by atoms with E-state index in [2.05, 4.69) is 40.3 Å². The minimum atomic E-state index is -0.200. The summed E-state index contributed by atoms with van der Waals surface area (Å²) in [5, 5.41) is 12.1. The van der Waals surface area contributed by atoms with Crippen LogP contribution in [0.15, 0.2) is 35.7 Å². The number of hydrogen-bond donors (Lipinski definition) is 1. The molecule has 1 unspecified atom stereocenters. The summed E-state index contributed by atoms with van der Waals surface area (Å²) < 4.78 is 5.40. The van der Waals surface area contributed by atoms with Gasteiger partial charge in [-0.05, 0) is 73.2 Å². The van der Waals surface area contributed by atoms with E-state index in [1.807, 2.05) is 23.5 Å². The van der Waals surface area contributed by atoms with Crippen LogP contribution in [0.1, 0.15) is 61.1 Å². The van der Waals surface area contributed by atoms with Gasteiger partial charge in [0.2, 0.25) is 5.91 Å². The van der Waals surface area contributed by atoms with Gasteiger partial charge < -0.3 is 14.7 Å². The Balaban J connectivity index is 1.51. The van der Waals surface area contributed by atoms with E-state index in [1.165, 1.54) is 10.4 Å². The normalized spacial score (nSPS) is 23.6. The molecule has 2 aromatic rings. The van der Waals surface area contributed by atoms with Gasteiger partial charge in [0.25, 0.3) is 0 Å². The fourth-order valence-corrected chi connectivity index (χ4v) is 6.07. The van der Waals surface area contributed by atoms with E-state index >= 15 is 0 Å². The van der Waals surface area contributed by atoms with Crippen molar-refractivity contribution in [3.63, 3.8) is 0 Å². The van der Waals surface area contributed by atoms with Gasteiger partial charge in [-0.15, -0.1) is 11.3 Å². The number of nitrogens with zero attached hydrogens (tertiary/aromatic N) is 2. The Morgan fingerprint density at radius 1 is 1.26 bits per heavy atom. The van der Waals surface area contributed by atoms with Crippen molar-refractivity contribution in [1.29, 1.82) is 0 Å². The van der Waals surface area contributed by atoms with Crippen molar-refractivity contribution in [1.82, 2.24) is 9.80 Å². The van der Waals surface area contributed by atoms with Gasteiger partial charge in [-0.1, -0.05) is 19.1 Å². The highest BCUT2D eigenvalue weighted by molar-refractivity contribution is 7.10. The van der Waals surface area contributed by atoms with E-state index in [4.69, 9.17) is 4.74 Å². The van der Waals surface area contributed by atoms with Crippen LogP contribution < -0.4 is 4.74 Å². The molecule has 1 aromatic carbocycles. The molecule has 1 N–H and O–H groups in total. The third-order valence-corrected chi connectivity index (χ3v) is 7.84. The maximum absolute atomic E-state index is 13.5. The first kappa shape index (κ1) is 22.3. The lowest BCUT2D eigenvalue weighted by Crippen LogP contribution is -2.48. The van der Waals surface area contributed by atoms with E-state index in [9.17, 15) is 9.90 Å². The lowest BCUT2D eigenvalue weighted by molar-refractivity contribution is -0.136. The molecule has 168 valence electrons. The van der Waals surface area contributed by atoms with Crippen molar-refractivity contribution >= 4 is 17.2 Å². The Morgan fingerprint density at radius 3 is 2.81 bits per heavy atom. The van der Waals surface area contributed by atoms with Gasteiger partial charge in [-0.2, -0.15) is 0 Å². The first-order valence-electron chi connectivity index (χ1n) is 11.5. The minimum Gasteiger partial charge on any atom is -0.497 e. The molecule has 1 fully saturated rings. The first-order chi connectivity index (χ1) is 15.1. The second-order valence-electron chi connectivity index (χ2n) is 8.78. The smallest absolute Gasteiger partial charge is 0.237 e. The average molecular weight is 443 g/mol. The standard InChI is InChI=1S/C25H34N2O3S/c1-3-23-22-12-14-31-24(22)11-13-27(23)25(29)17-26(19-7-9-20(28)10-8-19)16-18-5-4-6-21(15-18)30-2/h4-6,12,14-15,19-20,23,28H,3,7-11,13,16-17H2,1-2H3. The molecule has 1 atom stereocenters. The van der Waals surface area contributed by atoms with Crippen molar-refractivity contribution in [3.05, 3.63) is 51.7 Å². The Hall–Kier alpha value is -1.89. The number of carbonyl (C=O) groups excluding carboxylic acids is 1. The topological polar surface area (TPSA) is 53.0 Å². The van der Waals surface area contributed by atoms with Crippen LogP contribution in [0.5, 0.6) is 5.75 Å². The number of hydrogen-bond acceptors (Lipinski definition) is 5. The summed E-state index contributed by atoms with van der Waals surface area (Å²) in [6, 6.07) is 10.8. The predicted molar refractivity (Wildman–Crippen MR) is 124 cm³/mol. The second-order valence-corrected chi connectivity index (χ2v) is 9.78. The number of aliphatic hydroxyl groups excluding tert-OH is 1. The van der Waals surface area contributed by atoms with Crippen LogP contribution in [0.2, 0.25) is 0 Å². The molecular formula is C25H34N2O3S. The summed E-state index contributed by atoms with van der Waals surface area (Å²) >= 11 is 1.82. The number of methoxy groups -OCH3 is 1. The summed E-state index contributed by atoms with van der Waals surface area (Å²) in [6.45, 7) is 4.13. The van der Waals surface area contributed by atoms with E-state index in [-0.39, 0.29) is 18.1 Å². The third kappa shape index (κ3) is 5.13. The molecule has 0 bridgehead atoms. The average Bonchev–Trinajstić information content (AvgIpc) is 3.27. The maximum Gasteiger partial charge on any atom is 0.237 e. The highest BCUT2D eigenvalue weighted by Crippen LogP contribution is 2.35. The fourth-order valence-electron chi connectivity index (χ4n) is 5.14. The van der Waals surface area contributed by atoms with E-state index in [1.54, 1.807) is 7.11 Å². The van der Waals surface area contributed by atoms with Crippen LogP contribution in [-0.4, -0.2) is 53.2 Å². The summed E-state index contributed by atoms with van der Waals surface area (Å²) in [5.74, 6) is 1.06. The van der Waals surface area contributed by atoms with Crippen LogP contribution in [0.3, 0.4) is 0 Å².